The molecule has 0 fully saturated rings. The molecule has 7 heteroatoms. The van der Waals surface area contributed by atoms with Gasteiger partial charge in [0.05, 0.1) is 11.2 Å². The number of carbonyl (C=O) groups excluding carboxylic acids is 2. The van der Waals surface area contributed by atoms with E-state index in [0.29, 0.717) is 11.4 Å². The van der Waals surface area contributed by atoms with E-state index >= 15 is 0 Å². The second kappa shape index (κ2) is 9.49. The molecule has 186 valence electrons. The monoisotopic (exact) mass is 485 g/mol. The second-order valence-corrected chi connectivity index (χ2v) is 10.6. The largest absolute Gasteiger partial charge is 0.444 e. The van der Waals surface area contributed by atoms with Crippen LogP contribution in [-0.4, -0.2) is 28.4 Å². The van der Waals surface area contributed by atoms with Gasteiger partial charge in [0.1, 0.15) is 11.2 Å². The first-order valence-corrected chi connectivity index (χ1v) is 11.8. The number of anilines is 2. The van der Waals surface area contributed by atoms with Crippen molar-refractivity contribution in [2.45, 2.75) is 52.7 Å². The predicted octanol–water partition coefficient (Wildman–Crippen LogP) is 7.75. The van der Waals surface area contributed by atoms with Crippen LogP contribution in [0.3, 0.4) is 0 Å². The van der Waals surface area contributed by atoms with Crippen molar-refractivity contribution < 1.29 is 19.1 Å². The van der Waals surface area contributed by atoms with E-state index in [9.17, 15) is 9.59 Å². The molecule has 0 radical (unpaired) electrons. The minimum Gasteiger partial charge on any atom is -0.444 e. The van der Waals surface area contributed by atoms with Gasteiger partial charge in [-0.3, -0.25) is 10.6 Å². The normalized spacial score (nSPS) is 11.8. The Kier molecular flexibility index (Phi) is 6.59. The van der Waals surface area contributed by atoms with Crippen molar-refractivity contribution in [2.24, 2.45) is 0 Å². The van der Waals surface area contributed by atoms with Crippen molar-refractivity contribution in [1.82, 2.24) is 4.98 Å². The highest BCUT2D eigenvalue weighted by molar-refractivity contribution is 6.12. The fraction of sp³-hybridized carbons (Fsp3) is 0.276. The van der Waals surface area contributed by atoms with E-state index in [1.54, 1.807) is 0 Å². The van der Waals surface area contributed by atoms with E-state index in [1.165, 1.54) is 0 Å². The number of nitrogens with zero attached hydrogens (tertiary/aromatic N) is 1. The van der Waals surface area contributed by atoms with Crippen molar-refractivity contribution >= 4 is 45.2 Å². The van der Waals surface area contributed by atoms with Gasteiger partial charge in [0.2, 0.25) is 0 Å². The molecule has 1 heterocycles. The van der Waals surface area contributed by atoms with Crippen LogP contribution in [-0.2, 0) is 9.47 Å². The third-order valence-electron chi connectivity index (χ3n) is 5.13. The summed E-state index contributed by atoms with van der Waals surface area (Å²) in [6.07, 6.45) is -1.04. The van der Waals surface area contributed by atoms with Gasteiger partial charge >= 0.3 is 12.2 Å². The smallest absolute Gasteiger partial charge is 0.412 e. The van der Waals surface area contributed by atoms with Gasteiger partial charge in [0.25, 0.3) is 0 Å². The Morgan fingerprint density at radius 1 is 0.667 bits per heavy atom. The fourth-order valence-corrected chi connectivity index (χ4v) is 3.82. The molecule has 4 aromatic rings. The SMILES string of the molecule is CC(C)(C)OC(=O)Nc1ccc2c(c1)nc(-c1ccccc1)c1cc(NC(=O)OC(C)(C)C)ccc12. The van der Waals surface area contributed by atoms with Crippen LogP contribution in [0.15, 0.2) is 66.7 Å². The summed E-state index contributed by atoms with van der Waals surface area (Å²) in [6.45, 7) is 10.9. The highest BCUT2D eigenvalue weighted by Gasteiger charge is 2.19. The van der Waals surface area contributed by atoms with Crippen LogP contribution in [0.25, 0.3) is 32.9 Å². The van der Waals surface area contributed by atoms with Crippen LogP contribution in [0, 0.1) is 0 Å². The molecule has 3 aromatic carbocycles. The van der Waals surface area contributed by atoms with Gasteiger partial charge in [-0.25, -0.2) is 14.6 Å². The van der Waals surface area contributed by atoms with E-state index in [2.05, 4.69) is 10.6 Å². The average molecular weight is 486 g/mol. The maximum atomic E-state index is 12.4. The van der Waals surface area contributed by atoms with Crippen molar-refractivity contribution in [3.8, 4) is 11.3 Å². The quantitative estimate of drug-likeness (QED) is 0.290. The molecule has 2 N–H and O–H groups in total. The average Bonchev–Trinajstić information content (AvgIpc) is 2.76. The van der Waals surface area contributed by atoms with Crippen molar-refractivity contribution in [3.05, 3.63) is 66.7 Å². The Bertz CT molecular complexity index is 1430. The molecule has 36 heavy (non-hydrogen) atoms. The third kappa shape index (κ3) is 6.10. The molecule has 0 aliphatic heterocycles. The molecule has 0 aliphatic carbocycles. The molecule has 4 rings (SSSR count). The van der Waals surface area contributed by atoms with Crippen LogP contribution in [0.1, 0.15) is 41.5 Å². The van der Waals surface area contributed by atoms with E-state index in [-0.39, 0.29) is 0 Å². The lowest BCUT2D eigenvalue weighted by molar-refractivity contribution is 0.0624. The number of pyridine rings is 1. The fourth-order valence-electron chi connectivity index (χ4n) is 3.82. The summed E-state index contributed by atoms with van der Waals surface area (Å²) in [7, 11) is 0. The molecular formula is C29H31N3O4. The van der Waals surface area contributed by atoms with Crippen molar-refractivity contribution in [3.63, 3.8) is 0 Å². The van der Waals surface area contributed by atoms with E-state index in [0.717, 1.165) is 32.9 Å². The van der Waals surface area contributed by atoms with Crippen LogP contribution in [0.4, 0.5) is 21.0 Å². The summed E-state index contributed by atoms with van der Waals surface area (Å²) in [5, 5.41) is 8.37. The number of carbonyl (C=O) groups is 2. The van der Waals surface area contributed by atoms with E-state index in [4.69, 9.17) is 14.5 Å². The Labute approximate surface area is 210 Å². The number of nitrogens with one attached hydrogen (secondary N) is 2. The predicted molar refractivity (Wildman–Crippen MR) is 144 cm³/mol. The maximum Gasteiger partial charge on any atom is 0.412 e. The Balaban J connectivity index is 1.79. The van der Waals surface area contributed by atoms with Gasteiger partial charge in [0.15, 0.2) is 0 Å². The maximum absolute atomic E-state index is 12.4. The third-order valence-corrected chi connectivity index (χ3v) is 5.13. The summed E-state index contributed by atoms with van der Waals surface area (Å²) >= 11 is 0. The Morgan fingerprint density at radius 2 is 1.19 bits per heavy atom. The Morgan fingerprint density at radius 3 is 1.75 bits per heavy atom. The number of fused-ring (bicyclic) bond motifs is 3. The number of hydrogen-bond acceptors (Lipinski definition) is 5. The molecule has 1 aromatic heterocycles. The zero-order chi connectivity index (χ0) is 26.1. The number of amides is 2. The Hall–Kier alpha value is -4.13. The summed E-state index contributed by atoms with van der Waals surface area (Å²) in [4.78, 5) is 29.6. The number of rotatable bonds is 3. The summed E-state index contributed by atoms with van der Waals surface area (Å²) in [6, 6.07) is 21.1. The molecule has 7 nitrogen and oxygen atoms in total. The molecule has 2 amide bonds. The lowest BCUT2D eigenvalue weighted by atomic mass is 9.99. The standard InChI is InChI=1S/C29H31N3O4/c1-28(2,3)35-26(33)30-19-12-14-21-22-15-13-20(31-27(34)36-29(4,5)6)17-24(22)32-25(23(21)16-19)18-10-8-7-9-11-18/h7-17H,1-6H3,(H,30,33)(H,31,34). The molecule has 0 unspecified atom stereocenters. The van der Waals surface area contributed by atoms with Crippen LogP contribution < -0.4 is 10.6 Å². The van der Waals surface area contributed by atoms with Crippen LogP contribution in [0.5, 0.6) is 0 Å². The highest BCUT2D eigenvalue weighted by atomic mass is 16.6. The summed E-state index contributed by atoms with van der Waals surface area (Å²) in [5.41, 5.74) is 2.43. The number of aromatic nitrogens is 1. The van der Waals surface area contributed by atoms with Gasteiger partial charge in [0, 0.05) is 27.7 Å². The zero-order valence-corrected chi connectivity index (χ0v) is 21.4. The topological polar surface area (TPSA) is 89.5 Å². The van der Waals surface area contributed by atoms with Crippen LogP contribution >= 0.6 is 0 Å². The van der Waals surface area contributed by atoms with Gasteiger partial charge < -0.3 is 9.47 Å². The first-order chi connectivity index (χ1) is 16.9. The first kappa shape index (κ1) is 25.0. The lowest BCUT2D eigenvalue weighted by Crippen LogP contribution is -2.27. The van der Waals surface area contributed by atoms with Gasteiger partial charge in [-0.05, 0) is 71.2 Å². The molecule has 0 atom stereocenters. The minimum absolute atomic E-state index is 0.519. The lowest BCUT2D eigenvalue weighted by Gasteiger charge is -2.20. The molecule has 0 saturated heterocycles. The van der Waals surface area contributed by atoms with Crippen molar-refractivity contribution in [1.29, 1.82) is 0 Å². The van der Waals surface area contributed by atoms with Gasteiger partial charge in [-0.15, -0.1) is 0 Å². The van der Waals surface area contributed by atoms with Crippen molar-refractivity contribution in [2.75, 3.05) is 10.6 Å². The number of ether oxygens (including phenoxy) is 2. The molecule has 0 spiro atoms. The zero-order valence-electron chi connectivity index (χ0n) is 21.4. The highest BCUT2D eigenvalue weighted by Crippen LogP contribution is 2.35. The summed E-state index contributed by atoms with van der Waals surface area (Å²) in [5.74, 6) is 0. The van der Waals surface area contributed by atoms with E-state index < -0.39 is 23.4 Å². The van der Waals surface area contributed by atoms with Gasteiger partial charge in [-0.2, -0.15) is 0 Å². The first-order valence-electron chi connectivity index (χ1n) is 11.8. The second-order valence-electron chi connectivity index (χ2n) is 10.6. The minimum atomic E-state index is -0.598. The van der Waals surface area contributed by atoms with E-state index in [1.807, 2.05) is 108 Å². The molecule has 0 aliphatic rings. The molecular weight excluding hydrogens is 454 g/mol. The molecule has 0 bridgehead atoms. The summed E-state index contributed by atoms with van der Waals surface area (Å²) < 4.78 is 10.8. The molecule has 0 saturated carbocycles. The number of hydrogen-bond donors (Lipinski definition) is 2. The number of benzene rings is 3. The van der Waals surface area contributed by atoms with Gasteiger partial charge in [-0.1, -0.05) is 42.5 Å². The van der Waals surface area contributed by atoms with Crippen LogP contribution in [0.2, 0.25) is 0 Å².